The number of carboxylic acids is 1. The van der Waals surface area contributed by atoms with Gasteiger partial charge in [-0.3, -0.25) is 25.3 Å². The van der Waals surface area contributed by atoms with E-state index in [4.69, 9.17) is 5.11 Å². The van der Waals surface area contributed by atoms with E-state index in [0.29, 0.717) is 0 Å². The van der Waals surface area contributed by atoms with Crippen LogP contribution in [0.25, 0.3) is 11.3 Å². The van der Waals surface area contributed by atoms with Crippen molar-refractivity contribution in [2.45, 2.75) is 0 Å². The van der Waals surface area contributed by atoms with Gasteiger partial charge in [0.2, 0.25) is 0 Å². The van der Waals surface area contributed by atoms with E-state index < -0.39 is 27.2 Å². The molecular formula is C10H6N4O6. The highest BCUT2D eigenvalue weighted by Crippen LogP contribution is 2.30. The van der Waals surface area contributed by atoms with E-state index in [1.807, 2.05) is 0 Å². The summed E-state index contributed by atoms with van der Waals surface area (Å²) in [6.07, 6.45) is 1.02. The number of nitrogens with one attached hydrogen (secondary N) is 1. The zero-order valence-corrected chi connectivity index (χ0v) is 9.64. The lowest BCUT2D eigenvalue weighted by Crippen LogP contribution is -1.98. The second-order valence-electron chi connectivity index (χ2n) is 3.72. The van der Waals surface area contributed by atoms with Crippen molar-refractivity contribution in [3.05, 3.63) is 50.2 Å². The largest absolute Gasteiger partial charge is 0.478 e. The van der Waals surface area contributed by atoms with Crippen LogP contribution >= 0.6 is 0 Å². The predicted molar refractivity (Wildman–Crippen MR) is 64.3 cm³/mol. The molecule has 0 saturated heterocycles. The highest BCUT2D eigenvalue weighted by molar-refractivity contribution is 5.94. The van der Waals surface area contributed by atoms with E-state index in [2.05, 4.69) is 10.2 Å². The normalized spacial score (nSPS) is 10.2. The summed E-state index contributed by atoms with van der Waals surface area (Å²) in [6.45, 7) is 0. The first-order valence-electron chi connectivity index (χ1n) is 5.11. The van der Waals surface area contributed by atoms with Crippen LogP contribution in [0.2, 0.25) is 0 Å². The average molecular weight is 278 g/mol. The van der Waals surface area contributed by atoms with Gasteiger partial charge in [0.15, 0.2) is 0 Å². The van der Waals surface area contributed by atoms with Crippen molar-refractivity contribution in [3.8, 4) is 11.3 Å². The molecule has 0 radical (unpaired) electrons. The molecule has 102 valence electrons. The standard InChI is InChI=1S/C10H6N4O6/c15-10(16)8-4-11-12-9(8)5-1-6(13(17)18)3-7(2-5)14(19)20/h1-4H,(H,11,12)(H,15,16). The second kappa shape index (κ2) is 4.76. The number of nitro benzene ring substituents is 2. The molecule has 0 spiro atoms. The van der Waals surface area contributed by atoms with E-state index in [-0.39, 0.29) is 16.8 Å². The van der Waals surface area contributed by atoms with Gasteiger partial charge >= 0.3 is 5.97 Å². The van der Waals surface area contributed by atoms with Crippen LogP contribution in [0.15, 0.2) is 24.4 Å². The molecule has 0 aliphatic carbocycles. The summed E-state index contributed by atoms with van der Waals surface area (Å²) in [4.78, 5) is 30.9. The SMILES string of the molecule is O=C(O)c1cn[nH]c1-c1cc([N+](=O)[O-])cc([N+](=O)[O-])c1. The summed E-state index contributed by atoms with van der Waals surface area (Å²) in [5.41, 5.74) is -1.30. The zero-order chi connectivity index (χ0) is 14.9. The number of nitro groups is 2. The monoisotopic (exact) mass is 278 g/mol. The number of aromatic carboxylic acids is 1. The lowest BCUT2D eigenvalue weighted by Gasteiger charge is -2.01. The molecule has 0 amide bonds. The second-order valence-corrected chi connectivity index (χ2v) is 3.72. The van der Waals surface area contributed by atoms with Crippen LogP contribution in [-0.4, -0.2) is 31.1 Å². The molecule has 0 aliphatic heterocycles. The Morgan fingerprint density at radius 2 is 1.70 bits per heavy atom. The summed E-state index contributed by atoms with van der Waals surface area (Å²) in [5, 5.41) is 36.3. The zero-order valence-electron chi connectivity index (χ0n) is 9.64. The molecule has 0 aliphatic rings. The Morgan fingerprint density at radius 1 is 1.15 bits per heavy atom. The van der Waals surface area contributed by atoms with Crippen molar-refractivity contribution in [3.63, 3.8) is 0 Å². The number of aromatic amines is 1. The van der Waals surface area contributed by atoms with E-state index >= 15 is 0 Å². The quantitative estimate of drug-likeness (QED) is 0.635. The third-order valence-electron chi connectivity index (χ3n) is 2.48. The van der Waals surface area contributed by atoms with Gasteiger partial charge in [-0.1, -0.05) is 0 Å². The van der Waals surface area contributed by atoms with Crippen LogP contribution in [0.1, 0.15) is 10.4 Å². The number of benzene rings is 1. The molecule has 1 aromatic carbocycles. The number of rotatable bonds is 4. The average Bonchev–Trinajstić information content (AvgIpc) is 2.87. The molecule has 20 heavy (non-hydrogen) atoms. The summed E-state index contributed by atoms with van der Waals surface area (Å²) >= 11 is 0. The number of nitrogens with zero attached hydrogens (tertiary/aromatic N) is 3. The maximum atomic E-state index is 11.0. The molecule has 0 unspecified atom stereocenters. The molecule has 10 heteroatoms. The fourth-order valence-corrected chi connectivity index (χ4v) is 1.62. The Bertz CT molecular complexity index is 690. The Balaban J connectivity index is 2.67. The summed E-state index contributed by atoms with van der Waals surface area (Å²) < 4.78 is 0. The number of H-pyrrole nitrogens is 1. The first kappa shape index (κ1) is 13.1. The van der Waals surface area contributed by atoms with Crippen molar-refractivity contribution >= 4 is 17.3 Å². The van der Waals surface area contributed by atoms with Crippen molar-refractivity contribution in [1.82, 2.24) is 10.2 Å². The van der Waals surface area contributed by atoms with Crippen LogP contribution in [0.3, 0.4) is 0 Å². The third kappa shape index (κ3) is 2.29. The Hall–Kier alpha value is -3.30. The maximum Gasteiger partial charge on any atom is 0.339 e. The van der Waals surface area contributed by atoms with Crippen molar-refractivity contribution in [2.75, 3.05) is 0 Å². The molecule has 2 aromatic rings. The Labute approximate surface area is 110 Å². The predicted octanol–water partition coefficient (Wildman–Crippen LogP) is 1.59. The third-order valence-corrected chi connectivity index (χ3v) is 2.48. The van der Waals surface area contributed by atoms with Gasteiger partial charge in [-0.15, -0.1) is 0 Å². The summed E-state index contributed by atoms with van der Waals surface area (Å²) in [7, 11) is 0. The minimum Gasteiger partial charge on any atom is -0.478 e. The van der Waals surface area contributed by atoms with E-state index in [1.165, 1.54) is 0 Å². The summed E-state index contributed by atoms with van der Waals surface area (Å²) in [6, 6.07) is 2.86. The molecule has 2 N–H and O–H groups in total. The maximum absolute atomic E-state index is 11.0. The molecule has 0 bridgehead atoms. The fraction of sp³-hybridized carbons (Fsp3) is 0. The molecule has 1 heterocycles. The van der Waals surface area contributed by atoms with Gasteiger partial charge in [-0.25, -0.2) is 4.79 Å². The number of hydrogen-bond acceptors (Lipinski definition) is 6. The number of carboxylic acid groups (broad SMARTS) is 1. The number of non-ortho nitro benzene ring substituents is 2. The minimum absolute atomic E-state index is 0.000741. The van der Waals surface area contributed by atoms with Gasteiger partial charge in [0.25, 0.3) is 11.4 Å². The number of carbonyl (C=O) groups is 1. The van der Waals surface area contributed by atoms with E-state index in [0.717, 1.165) is 24.4 Å². The van der Waals surface area contributed by atoms with Gasteiger partial charge in [0, 0.05) is 17.7 Å². The first-order chi connectivity index (χ1) is 9.40. The molecule has 0 atom stereocenters. The van der Waals surface area contributed by atoms with Crippen molar-refractivity contribution in [2.24, 2.45) is 0 Å². The van der Waals surface area contributed by atoms with Crippen molar-refractivity contribution < 1.29 is 19.7 Å². The van der Waals surface area contributed by atoms with Gasteiger partial charge in [-0.2, -0.15) is 5.10 Å². The van der Waals surface area contributed by atoms with E-state index in [1.54, 1.807) is 0 Å². The lowest BCUT2D eigenvalue weighted by atomic mass is 10.1. The van der Waals surface area contributed by atoms with Crippen LogP contribution in [0.5, 0.6) is 0 Å². The van der Waals surface area contributed by atoms with Gasteiger partial charge in [0.05, 0.1) is 27.8 Å². The van der Waals surface area contributed by atoms with E-state index in [9.17, 15) is 25.0 Å². The Kier molecular flexibility index (Phi) is 3.13. The molecule has 0 saturated carbocycles. The fourth-order valence-electron chi connectivity index (χ4n) is 1.62. The van der Waals surface area contributed by atoms with Gasteiger partial charge in [-0.05, 0) is 0 Å². The van der Waals surface area contributed by atoms with Crippen LogP contribution in [-0.2, 0) is 0 Å². The first-order valence-corrected chi connectivity index (χ1v) is 5.11. The van der Waals surface area contributed by atoms with Crippen LogP contribution < -0.4 is 0 Å². The van der Waals surface area contributed by atoms with Crippen molar-refractivity contribution in [1.29, 1.82) is 0 Å². The topological polar surface area (TPSA) is 152 Å². The lowest BCUT2D eigenvalue weighted by molar-refractivity contribution is -0.394. The molecule has 2 rings (SSSR count). The highest BCUT2D eigenvalue weighted by Gasteiger charge is 2.21. The number of hydrogen-bond donors (Lipinski definition) is 2. The molecule has 0 fully saturated rings. The highest BCUT2D eigenvalue weighted by atomic mass is 16.6. The van der Waals surface area contributed by atoms with Gasteiger partial charge in [0.1, 0.15) is 5.56 Å². The van der Waals surface area contributed by atoms with Crippen LogP contribution in [0.4, 0.5) is 11.4 Å². The number of aromatic nitrogens is 2. The summed E-state index contributed by atoms with van der Waals surface area (Å²) in [5.74, 6) is -1.30. The molecule has 1 aromatic heterocycles. The molecule has 10 nitrogen and oxygen atoms in total. The van der Waals surface area contributed by atoms with Gasteiger partial charge < -0.3 is 5.11 Å². The van der Waals surface area contributed by atoms with Crippen LogP contribution in [0, 0.1) is 20.2 Å². The smallest absolute Gasteiger partial charge is 0.339 e. The molecular weight excluding hydrogens is 272 g/mol. The Morgan fingerprint density at radius 3 is 2.15 bits per heavy atom. The minimum atomic E-state index is -1.30.